The molecule has 0 bridgehead atoms. The predicted octanol–water partition coefficient (Wildman–Crippen LogP) is 2.87. The Morgan fingerprint density at radius 2 is 1.53 bits per heavy atom. The second-order valence-corrected chi connectivity index (χ2v) is 15.3. The number of hydrogen-bond acceptors (Lipinski definition) is 9. The summed E-state index contributed by atoms with van der Waals surface area (Å²) < 4.78 is 5.75. The van der Waals surface area contributed by atoms with Crippen LogP contribution in [0, 0.1) is 29.6 Å². The molecule has 0 radical (unpaired) electrons. The summed E-state index contributed by atoms with van der Waals surface area (Å²) in [4.78, 5) is 83.4. The van der Waals surface area contributed by atoms with Crippen molar-refractivity contribution in [2.75, 3.05) is 7.05 Å². The summed E-state index contributed by atoms with van der Waals surface area (Å²) in [6.07, 6.45) is 0.0356. The number of amides is 5. The SMILES string of the molecule is CC[C@H](C)[C@H](NC(=O)[C@H](Cc1ccc(O)cc1)N(C)C(=O)[C@H]([C@@H](C)CC)N1C(=O)[C@@H](C)CC[C@H]1O)C(=O)O[C@H](C)[C@H](C)C(=O)N[C@@H](CC(C)C)C(N)=O. The molecule has 10 atom stereocenters. The fourth-order valence-corrected chi connectivity index (χ4v) is 6.38. The molecule has 14 heteroatoms. The van der Waals surface area contributed by atoms with E-state index in [2.05, 4.69) is 10.6 Å². The van der Waals surface area contributed by atoms with Crippen LogP contribution < -0.4 is 16.4 Å². The third-order valence-electron chi connectivity index (χ3n) is 10.6. The number of carbonyl (C=O) groups excluding carboxylic acids is 6. The van der Waals surface area contributed by atoms with Crippen LogP contribution in [0.4, 0.5) is 0 Å². The quantitative estimate of drug-likeness (QED) is 0.132. The average molecular weight is 746 g/mol. The minimum absolute atomic E-state index is 0.00176. The van der Waals surface area contributed by atoms with Crippen molar-refractivity contribution in [1.29, 1.82) is 0 Å². The number of aliphatic hydroxyl groups excluding tert-OH is 1. The third-order valence-corrected chi connectivity index (χ3v) is 10.6. The lowest BCUT2D eigenvalue weighted by Crippen LogP contribution is -2.62. The monoisotopic (exact) mass is 745 g/mol. The van der Waals surface area contributed by atoms with Crippen LogP contribution >= 0.6 is 0 Å². The van der Waals surface area contributed by atoms with Crippen LogP contribution in [-0.4, -0.2) is 99.1 Å². The van der Waals surface area contributed by atoms with Crippen molar-refractivity contribution in [3.05, 3.63) is 29.8 Å². The Kier molecular flexibility index (Phi) is 17.2. The van der Waals surface area contributed by atoms with Crippen molar-refractivity contribution in [2.45, 2.75) is 137 Å². The number of nitrogens with one attached hydrogen (secondary N) is 2. The fraction of sp³-hybridized carbons (Fsp3) is 0.692. The highest BCUT2D eigenvalue weighted by Crippen LogP contribution is 2.29. The lowest BCUT2D eigenvalue weighted by molar-refractivity contribution is -0.169. The van der Waals surface area contributed by atoms with Gasteiger partial charge in [-0.05, 0) is 61.6 Å². The second kappa shape index (κ2) is 20.3. The molecule has 1 aliphatic heterocycles. The molecule has 6 N–H and O–H groups in total. The Morgan fingerprint density at radius 3 is 2.06 bits per heavy atom. The summed E-state index contributed by atoms with van der Waals surface area (Å²) in [7, 11) is 1.46. The predicted molar refractivity (Wildman–Crippen MR) is 200 cm³/mol. The highest BCUT2D eigenvalue weighted by Gasteiger charge is 2.45. The zero-order chi connectivity index (χ0) is 40.3. The Morgan fingerprint density at radius 1 is 0.943 bits per heavy atom. The van der Waals surface area contributed by atoms with Gasteiger partial charge in [0, 0.05) is 19.4 Å². The van der Waals surface area contributed by atoms with E-state index in [4.69, 9.17) is 10.5 Å². The van der Waals surface area contributed by atoms with Gasteiger partial charge >= 0.3 is 5.97 Å². The van der Waals surface area contributed by atoms with E-state index in [0.29, 0.717) is 37.7 Å². The molecule has 1 aliphatic rings. The number of aromatic hydroxyl groups is 1. The van der Waals surface area contributed by atoms with E-state index < -0.39 is 77.9 Å². The minimum atomic E-state index is -1.18. The molecule has 1 heterocycles. The number of nitrogens with zero attached hydrogens (tertiary/aromatic N) is 2. The molecule has 14 nitrogen and oxygen atoms in total. The van der Waals surface area contributed by atoms with E-state index in [1.807, 2.05) is 34.6 Å². The molecule has 1 saturated heterocycles. The van der Waals surface area contributed by atoms with Gasteiger partial charge in [0.15, 0.2) is 0 Å². The van der Waals surface area contributed by atoms with Crippen LogP contribution in [0.2, 0.25) is 0 Å². The van der Waals surface area contributed by atoms with E-state index in [-0.39, 0.29) is 35.8 Å². The smallest absolute Gasteiger partial charge is 0.329 e. The molecule has 53 heavy (non-hydrogen) atoms. The molecule has 1 fully saturated rings. The standard InChI is InChI=1S/C39H63N5O9/c1-11-22(5)32(39(52)53-26(9)25(8)35(48)41-29(34(40)47)19-21(3)4)42-36(49)30(20-27-14-16-28(45)17-15-27)43(10)38(51)33(23(6)12-2)44-31(46)18-13-24(7)37(44)50/h14-17,21-26,29-33,45-46H,11-13,18-20H2,1-10H3,(H2,40,47)(H,41,48)(H,42,49)/t22-,23-,24-,25-,26+,29-,30-,31+,32-,33-/m0/s1. The van der Waals surface area contributed by atoms with Gasteiger partial charge in [-0.15, -0.1) is 0 Å². The van der Waals surface area contributed by atoms with Crippen molar-refractivity contribution in [3.63, 3.8) is 0 Å². The van der Waals surface area contributed by atoms with Gasteiger partial charge < -0.3 is 41.1 Å². The molecule has 0 aliphatic carbocycles. The first-order valence-electron chi connectivity index (χ1n) is 18.9. The van der Waals surface area contributed by atoms with Crippen LogP contribution in [0.5, 0.6) is 5.75 Å². The molecular formula is C39H63N5O9. The number of piperidine rings is 1. The maximum atomic E-state index is 14.4. The summed E-state index contributed by atoms with van der Waals surface area (Å²) in [5.74, 6) is -5.42. The van der Waals surface area contributed by atoms with Gasteiger partial charge in [-0.1, -0.05) is 80.4 Å². The molecule has 0 aromatic heterocycles. The third kappa shape index (κ3) is 12.2. The molecule has 5 amide bonds. The molecule has 1 aromatic rings. The number of hydrogen-bond donors (Lipinski definition) is 5. The number of rotatable bonds is 19. The van der Waals surface area contributed by atoms with Crippen LogP contribution in [-0.2, 0) is 39.9 Å². The van der Waals surface area contributed by atoms with Crippen molar-refractivity contribution in [2.24, 2.45) is 35.3 Å². The number of phenolic OH excluding ortho intramolecular Hbond substituents is 1. The van der Waals surface area contributed by atoms with Gasteiger partial charge in [0.1, 0.15) is 42.2 Å². The normalized spacial score (nSPS) is 20.6. The Balaban J connectivity index is 2.42. The van der Waals surface area contributed by atoms with Gasteiger partial charge in [0.2, 0.25) is 29.5 Å². The zero-order valence-electron chi connectivity index (χ0n) is 33.1. The number of nitrogens with two attached hydrogens (primary N) is 1. The van der Waals surface area contributed by atoms with Gasteiger partial charge in [-0.25, -0.2) is 4.79 Å². The maximum absolute atomic E-state index is 14.4. The summed E-state index contributed by atoms with van der Waals surface area (Å²) in [5, 5.41) is 26.3. The van der Waals surface area contributed by atoms with Gasteiger partial charge in [0.05, 0.1) is 5.92 Å². The van der Waals surface area contributed by atoms with E-state index in [0.717, 1.165) is 0 Å². The average Bonchev–Trinajstić information content (AvgIpc) is 3.11. The highest BCUT2D eigenvalue weighted by molar-refractivity contribution is 5.94. The molecule has 0 unspecified atom stereocenters. The summed E-state index contributed by atoms with van der Waals surface area (Å²) in [6.45, 7) is 16.0. The molecule has 298 valence electrons. The number of phenols is 1. The fourth-order valence-electron chi connectivity index (χ4n) is 6.38. The van der Waals surface area contributed by atoms with Crippen LogP contribution in [0.15, 0.2) is 24.3 Å². The Bertz CT molecular complexity index is 1420. The maximum Gasteiger partial charge on any atom is 0.329 e. The Labute approximate surface area is 314 Å². The van der Waals surface area contributed by atoms with E-state index in [9.17, 15) is 39.0 Å². The number of aliphatic hydroxyl groups is 1. The largest absolute Gasteiger partial charge is 0.508 e. The van der Waals surface area contributed by atoms with Gasteiger partial charge in [-0.3, -0.25) is 24.0 Å². The van der Waals surface area contributed by atoms with E-state index in [1.165, 1.54) is 29.0 Å². The Hall–Kier alpha value is -4.20. The number of primary amides is 1. The highest BCUT2D eigenvalue weighted by atomic mass is 16.5. The molecule has 2 rings (SSSR count). The van der Waals surface area contributed by atoms with Gasteiger partial charge in [-0.2, -0.15) is 0 Å². The first-order chi connectivity index (χ1) is 24.7. The van der Waals surface area contributed by atoms with Crippen LogP contribution in [0.25, 0.3) is 0 Å². The molecule has 0 saturated carbocycles. The lowest BCUT2D eigenvalue weighted by atomic mass is 9.89. The first kappa shape index (κ1) is 45.0. The molecule has 0 spiro atoms. The van der Waals surface area contributed by atoms with E-state index in [1.54, 1.807) is 39.8 Å². The summed E-state index contributed by atoms with van der Waals surface area (Å²) in [6, 6.07) is 1.90. The number of ether oxygens (including phenoxy) is 1. The number of esters is 1. The lowest BCUT2D eigenvalue weighted by Gasteiger charge is -2.44. The number of benzene rings is 1. The van der Waals surface area contributed by atoms with Gasteiger partial charge in [0.25, 0.3) is 0 Å². The van der Waals surface area contributed by atoms with E-state index >= 15 is 0 Å². The minimum Gasteiger partial charge on any atom is -0.508 e. The van der Waals surface area contributed by atoms with Crippen molar-refractivity contribution < 1.29 is 43.7 Å². The van der Waals surface area contributed by atoms with Crippen molar-refractivity contribution >= 4 is 35.5 Å². The van der Waals surface area contributed by atoms with Crippen molar-refractivity contribution in [1.82, 2.24) is 20.4 Å². The number of carbonyl (C=O) groups is 6. The first-order valence-corrected chi connectivity index (χ1v) is 18.9. The van der Waals surface area contributed by atoms with Crippen LogP contribution in [0.3, 0.4) is 0 Å². The second-order valence-electron chi connectivity index (χ2n) is 15.3. The number of likely N-dealkylation sites (tertiary alicyclic amines) is 1. The molecular weight excluding hydrogens is 682 g/mol. The number of likely N-dealkylation sites (N-methyl/N-ethyl adjacent to an activating group) is 1. The summed E-state index contributed by atoms with van der Waals surface area (Å²) in [5.41, 5.74) is 6.11. The summed E-state index contributed by atoms with van der Waals surface area (Å²) >= 11 is 0. The molecule has 1 aromatic carbocycles. The topological polar surface area (TPSA) is 209 Å². The zero-order valence-corrected chi connectivity index (χ0v) is 33.1. The van der Waals surface area contributed by atoms with Crippen LogP contribution in [0.1, 0.15) is 100.0 Å². The van der Waals surface area contributed by atoms with Crippen molar-refractivity contribution in [3.8, 4) is 5.75 Å².